The molecular formula is C16H18N2O5. The molecule has 1 aromatic carbocycles. The summed E-state index contributed by atoms with van der Waals surface area (Å²) in [5, 5.41) is 6.67. The first kappa shape index (κ1) is 15.4. The van der Waals surface area contributed by atoms with Gasteiger partial charge in [0.1, 0.15) is 13.2 Å². The molecule has 1 N–H and O–H groups in total. The topological polar surface area (TPSA) is 82.8 Å². The minimum atomic E-state index is -0.121. The number of methoxy groups -OCH3 is 1. The van der Waals surface area contributed by atoms with Gasteiger partial charge in [-0.05, 0) is 18.2 Å². The molecule has 0 atom stereocenters. The average Bonchev–Trinajstić information content (AvgIpc) is 3.03. The van der Waals surface area contributed by atoms with Crippen LogP contribution in [0.1, 0.15) is 5.69 Å². The van der Waals surface area contributed by atoms with E-state index < -0.39 is 0 Å². The predicted octanol–water partition coefficient (Wildman–Crippen LogP) is 1.42. The van der Waals surface area contributed by atoms with Gasteiger partial charge >= 0.3 is 0 Å². The first-order valence-electron chi connectivity index (χ1n) is 7.37. The zero-order valence-electron chi connectivity index (χ0n) is 12.8. The van der Waals surface area contributed by atoms with Crippen molar-refractivity contribution in [3.63, 3.8) is 0 Å². The summed E-state index contributed by atoms with van der Waals surface area (Å²) in [5.74, 6) is 1.87. The smallest absolute Gasteiger partial charge is 0.226 e. The molecular weight excluding hydrogens is 300 g/mol. The van der Waals surface area contributed by atoms with E-state index in [0.29, 0.717) is 43.6 Å². The van der Waals surface area contributed by atoms with Crippen molar-refractivity contribution in [1.29, 1.82) is 0 Å². The molecule has 2 aromatic rings. The molecule has 0 spiro atoms. The van der Waals surface area contributed by atoms with Gasteiger partial charge in [0.05, 0.1) is 18.7 Å². The Bertz CT molecular complexity index is 683. The van der Waals surface area contributed by atoms with E-state index in [9.17, 15) is 4.79 Å². The molecule has 1 aliphatic heterocycles. The van der Waals surface area contributed by atoms with Gasteiger partial charge in [-0.1, -0.05) is 5.16 Å². The van der Waals surface area contributed by atoms with E-state index in [1.807, 2.05) is 18.2 Å². The van der Waals surface area contributed by atoms with Gasteiger partial charge in [-0.3, -0.25) is 4.79 Å². The average molecular weight is 318 g/mol. The summed E-state index contributed by atoms with van der Waals surface area (Å²) in [7, 11) is 1.59. The maximum Gasteiger partial charge on any atom is 0.226 e. The van der Waals surface area contributed by atoms with Crippen LogP contribution in [-0.2, 0) is 16.0 Å². The second kappa shape index (κ2) is 7.15. The molecule has 0 bridgehead atoms. The lowest BCUT2D eigenvalue weighted by Gasteiger charge is -2.18. The second-order valence-electron chi connectivity index (χ2n) is 5.06. The summed E-state index contributed by atoms with van der Waals surface area (Å²) in [4.78, 5) is 11.7. The number of fused-ring (bicyclic) bond motifs is 1. The molecule has 122 valence electrons. The van der Waals surface area contributed by atoms with Crippen molar-refractivity contribution in [2.45, 2.75) is 6.42 Å². The van der Waals surface area contributed by atoms with Gasteiger partial charge < -0.3 is 24.1 Å². The molecule has 1 amide bonds. The number of carbonyl (C=O) groups excluding carboxylic acids is 1. The third kappa shape index (κ3) is 3.81. The van der Waals surface area contributed by atoms with E-state index in [4.69, 9.17) is 18.7 Å². The molecule has 0 saturated carbocycles. The van der Waals surface area contributed by atoms with Crippen molar-refractivity contribution in [2.24, 2.45) is 0 Å². The van der Waals surface area contributed by atoms with E-state index >= 15 is 0 Å². The van der Waals surface area contributed by atoms with Gasteiger partial charge in [0, 0.05) is 25.3 Å². The Balaban J connectivity index is 1.66. The summed E-state index contributed by atoms with van der Waals surface area (Å²) < 4.78 is 21.2. The number of hydrogen-bond acceptors (Lipinski definition) is 6. The summed E-state index contributed by atoms with van der Waals surface area (Å²) >= 11 is 0. The van der Waals surface area contributed by atoms with Crippen LogP contribution < -0.4 is 14.8 Å². The number of hydrogen-bond donors (Lipinski definition) is 1. The molecule has 0 saturated heterocycles. The fraction of sp³-hybridized carbons (Fsp3) is 0.375. The first-order valence-corrected chi connectivity index (χ1v) is 7.37. The van der Waals surface area contributed by atoms with Gasteiger partial charge in [0.15, 0.2) is 17.3 Å². The molecule has 0 fully saturated rings. The molecule has 7 nitrogen and oxygen atoms in total. The summed E-state index contributed by atoms with van der Waals surface area (Å²) in [6, 6.07) is 7.30. The highest BCUT2D eigenvalue weighted by molar-refractivity contribution is 5.78. The Morgan fingerprint density at radius 2 is 2.09 bits per heavy atom. The Morgan fingerprint density at radius 3 is 2.91 bits per heavy atom. The molecule has 0 unspecified atom stereocenters. The number of aromatic nitrogens is 1. The molecule has 0 aliphatic carbocycles. The normalized spacial score (nSPS) is 12.9. The van der Waals surface area contributed by atoms with E-state index in [2.05, 4.69) is 10.5 Å². The van der Waals surface area contributed by atoms with Crippen LogP contribution in [0.25, 0.3) is 11.3 Å². The van der Waals surface area contributed by atoms with Crippen molar-refractivity contribution in [2.75, 3.05) is 33.5 Å². The van der Waals surface area contributed by atoms with Crippen LogP contribution in [0.15, 0.2) is 28.8 Å². The van der Waals surface area contributed by atoms with Gasteiger partial charge in [-0.25, -0.2) is 0 Å². The fourth-order valence-electron chi connectivity index (χ4n) is 2.25. The third-order valence-electron chi connectivity index (χ3n) is 3.36. The first-order chi connectivity index (χ1) is 11.3. The molecule has 3 rings (SSSR count). The van der Waals surface area contributed by atoms with Crippen molar-refractivity contribution < 1.29 is 23.5 Å². The standard InChI is InChI=1S/C16H18N2O5/c1-20-5-4-17-16(19)10-12-9-14(23-18-12)11-2-3-13-15(8-11)22-7-6-21-13/h2-3,8-9H,4-7,10H2,1H3,(H,17,19). The lowest BCUT2D eigenvalue weighted by molar-refractivity contribution is -0.120. The Kier molecular flexibility index (Phi) is 4.77. The predicted molar refractivity (Wildman–Crippen MR) is 81.5 cm³/mol. The molecule has 1 aliphatic rings. The van der Waals surface area contributed by atoms with Gasteiger partial charge in [0.2, 0.25) is 5.91 Å². The summed E-state index contributed by atoms with van der Waals surface area (Å²) in [6.45, 7) is 2.03. The lowest BCUT2D eigenvalue weighted by Crippen LogP contribution is -2.28. The van der Waals surface area contributed by atoms with Gasteiger partial charge in [0.25, 0.3) is 0 Å². The van der Waals surface area contributed by atoms with Crippen LogP contribution in [0.4, 0.5) is 0 Å². The largest absolute Gasteiger partial charge is 0.486 e. The van der Waals surface area contributed by atoms with E-state index in [-0.39, 0.29) is 12.3 Å². The minimum absolute atomic E-state index is 0.121. The number of benzene rings is 1. The number of carbonyl (C=O) groups is 1. The Labute approximate surface area is 133 Å². The third-order valence-corrected chi connectivity index (χ3v) is 3.36. The highest BCUT2D eigenvalue weighted by Gasteiger charge is 2.15. The van der Waals surface area contributed by atoms with Crippen LogP contribution in [0.2, 0.25) is 0 Å². The quantitative estimate of drug-likeness (QED) is 0.811. The van der Waals surface area contributed by atoms with Crippen molar-refractivity contribution in [1.82, 2.24) is 10.5 Å². The number of rotatable bonds is 6. The van der Waals surface area contributed by atoms with Crippen LogP contribution >= 0.6 is 0 Å². The zero-order valence-corrected chi connectivity index (χ0v) is 12.8. The highest BCUT2D eigenvalue weighted by atomic mass is 16.6. The van der Waals surface area contributed by atoms with E-state index in [1.54, 1.807) is 13.2 Å². The van der Waals surface area contributed by atoms with Crippen LogP contribution in [0.5, 0.6) is 11.5 Å². The lowest BCUT2D eigenvalue weighted by atomic mass is 10.1. The summed E-state index contributed by atoms with van der Waals surface area (Å²) in [5.41, 5.74) is 1.40. The van der Waals surface area contributed by atoms with Crippen molar-refractivity contribution in [3.8, 4) is 22.8 Å². The van der Waals surface area contributed by atoms with Crippen molar-refractivity contribution >= 4 is 5.91 Å². The number of nitrogens with one attached hydrogen (secondary N) is 1. The van der Waals surface area contributed by atoms with Crippen LogP contribution in [0, 0.1) is 0 Å². The minimum Gasteiger partial charge on any atom is -0.486 e. The summed E-state index contributed by atoms with van der Waals surface area (Å²) in [6.07, 6.45) is 0.164. The molecule has 2 heterocycles. The Morgan fingerprint density at radius 1 is 1.26 bits per heavy atom. The number of ether oxygens (including phenoxy) is 3. The van der Waals surface area contributed by atoms with Gasteiger partial charge in [-0.2, -0.15) is 0 Å². The zero-order chi connectivity index (χ0) is 16.1. The number of amides is 1. The fourth-order valence-corrected chi connectivity index (χ4v) is 2.25. The monoisotopic (exact) mass is 318 g/mol. The second-order valence-corrected chi connectivity index (χ2v) is 5.06. The molecule has 7 heteroatoms. The SMILES string of the molecule is COCCNC(=O)Cc1cc(-c2ccc3c(c2)OCCO3)on1. The maximum absolute atomic E-state index is 11.7. The Hall–Kier alpha value is -2.54. The molecule has 0 radical (unpaired) electrons. The van der Waals surface area contributed by atoms with Crippen LogP contribution in [-0.4, -0.2) is 44.5 Å². The van der Waals surface area contributed by atoms with Crippen molar-refractivity contribution in [3.05, 3.63) is 30.0 Å². The number of nitrogens with zero attached hydrogens (tertiary/aromatic N) is 1. The van der Waals surface area contributed by atoms with Gasteiger partial charge in [-0.15, -0.1) is 0 Å². The van der Waals surface area contributed by atoms with E-state index in [0.717, 1.165) is 11.3 Å². The molecule has 23 heavy (non-hydrogen) atoms. The van der Waals surface area contributed by atoms with Crippen LogP contribution in [0.3, 0.4) is 0 Å². The maximum atomic E-state index is 11.7. The van der Waals surface area contributed by atoms with E-state index in [1.165, 1.54) is 0 Å². The highest BCUT2D eigenvalue weighted by Crippen LogP contribution is 2.34. The molecule has 1 aromatic heterocycles.